The summed E-state index contributed by atoms with van der Waals surface area (Å²) < 4.78 is 2.00. The molecule has 0 aliphatic rings. The summed E-state index contributed by atoms with van der Waals surface area (Å²) in [6.45, 7) is 6.95. The Morgan fingerprint density at radius 1 is 1.37 bits per heavy atom. The van der Waals surface area contributed by atoms with Gasteiger partial charge in [0.1, 0.15) is 11.6 Å². The Morgan fingerprint density at radius 2 is 2.16 bits per heavy atom. The van der Waals surface area contributed by atoms with E-state index >= 15 is 0 Å². The molecule has 0 aliphatic heterocycles. The molecule has 0 aromatic carbocycles. The quantitative estimate of drug-likeness (QED) is 0.914. The Bertz CT molecular complexity index is 548. The van der Waals surface area contributed by atoms with Crippen LogP contribution in [0.3, 0.4) is 0 Å². The lowest BCUT2D eigenvalue weighted by molar-refractivity contribution is 0.581. The molecule has 2 heterocycles. The summed E-state index contributed by atoms with van der Waals surface area (Å²) in [4.78, 5) is 8.94. The van der Waals surface area contributed by atoms with Crippen LogP contribution in [0, 0.1) is 0 Å². The van der Waals surface area contributed by atoms with Crippen LogP contribution < -0.4 is 5.32 Å². The Morgan fingerprint density at radius 3 is 2.84 bits per heavy atom. The van der Waals surface area contributed by atoms with Gasteiger partial charge < -0.3 is 5.32 Å². The molecule has 0 fully saturated rings. The summed E-state index contributed by atoms with van der Waals surface area (Å²) in [5.74, 6) is 1.86. The van der Waals surface area contributed by atoms with Gasteiger partial charge in [0.2, 0.25) is 0 Å². The summed E-state index contributed by atoms with van der Waals surface area (Å²) in [5, 5.41) is 4.02. The summed E-state index contributed by atoms with van der Waals surface area (Å²) >= 11 is 6.19. The first-order valence-corrected chi connectivity index (χ1v) is 6.91. The molecular formula is C14H19ClN4. The molecule has 19 heavy (non-hydrogen) atoms. The zero-order valence-electron chi connectivity index (χ0n) is 11.5. The highest BCUT2D eigenvalue weighted by atomic mass is 35.5. The molecule has 0 saturated heterocycles. The van der Waals surface area contributed by atoms with Crippen molar-refractivity contribution in [2.75, 3.05) is 0 Å². The highest BCUT2D eigenvalue weighted by Crippen LogP contribution is 2.17. The molecule has 0 saturated carbocycles. The van der Waals surface area contributed by atoms with Gasteiger partial charge >= 0.3 is 0 Å². The van der Waals surface area contributed by atoms with Crippen LogP contribution in [0.5, 0.6) is 0 Å². The Hall–Kier alpha value is -1.39. The first kappa shape index (κ1) is 14.0. The number of nitrogens with one attached hydrogen (secondary N) is 1. The van der Waals surface area contributed by atoms with Gasteiger partial charge in [-0.25, -0.2) is 9.97 Å². The first-order chi connectivity index (χ1) is 9.11. The van der Waals surface area contributed by atoms with Crippen molar-refractivity contribution in [1.82, 2.24) is 19.9 Å². The summed E-state index contributed by atoms with van der Waals surface area (Å²) in [6.07, 6.45) is 4.59. The lowest BCUT2D eigenvalue weighted by atomic mass is 10.3. The van der Waals surface area contributed by atoms with Gasteiger partial charge in [0.15, 0.2) is 0 Å². The van der Waals surface area contributed by atoms with Crippen LogP contribution in [0.25, 0.3) is 5.82 Å². The van der Waals surface area contributed by atoms with Crippen molar-refractivity contribution >= 4 is 11.6 Å². The Kier molecular flexibility index (Phi) is 4.56. The third-order valence-electron chi connectivity index (χ3n) is 2.86. The molecule has 2 aromatic rings. The first-order valence-electron chi connectivity index (χ1n) is 6.53. The molecular weight excluding hydrogens is 260 g/mol. The molecule has 0 bridgehead atoms. The molecule has 4 nitrogen and oxygen atoms in total. The summed E-state index contributed by atoms with van der Waals surface area (Å²) in [7, 11) is 0. The average Bonchev–Trinajstić information content (AvgIpc) is 2.86. The van der Waals surface area contributed by atoms with E-state index in [-0.39, 0.29) is 0 Å². The highest BCUT2D eigenvalue weighted by Gasteiger charge is 2.08. The minimum atomic E-state index is 0.404. The highest BCUT2D eigenvalue weighted by molar-refractivity contribution is 6.31. The molecule has 102 valence electrons. The van der Waals surface area contributed by atoms with E-state index in [0.717, 1.165) is 23.8 Å². The van der Waals surface area contributed by atoms with Gasteiger partial charge in [0.05, 0.1) is 10.7 Å². The molecule has 1 N–H and O–H groups in total. The third kappa shape index (κ3) is 3.33. The van der Waals surface area contributed by atoms with Crippen molar-refractivity contribution in [3.8, 4) is 5.82 Å². The fraction of sp³-hybridized carbons (Fsp3) is 0.429. The molecule has 2 rings (SSSR count). The number of aromatic nitrogens is 3. The topological polar surface area (TPSA) is 42.7 Å². The van der Waals surface area contributed by atoms with E-state index in [4.69, 9.17) is 11.6 Å². The molecule has 0 radical (unpaired) electrons. The van der Waals surface area contributed by atoms with Crippen molar-refractivity contribution in [3.05, 3.63) is 41.1 Å². The molecule has 2 aromatic heterocycles. The predicted molar refractivity (Wildman–Crippen MR) is 77.7 cm³/mol. The predicted octanol–water partition coefficient (Wildman–Crippen LogP) is 2.98. The molecule has 0 atom stereocenters. The van der Waals surface area contributed by atoms with E-state index in [2.05, 4.69) is 36.1 Å². The summed E-state index contributed by atoms with van der Waals surface area (Å²) in [6, 6.07) is 4.21. The van der Waals surface area contributed by atoms with E-state index in [1.54, 1.807) is 6.20 Å². The normalized spacial score (nSPS) is 11.2. The van der Waals surface area contributed by atoms with Crippen molar-refractivity contribution in [2.45, 2.75) is 39.8 Å². The van der Waals surface area contributed by atoms with E-state index in [9.17, 15) is 0 Å². The molecule has 0 aliphatic carbocycles. The van der Waals surface area contributed by atoms with Gasteiger partial charge in [-0.05, 0) is 12.1 Å². The lowest BCUT2D eigenvalue weighted by Gasteiger charge is -2.11. The fourth-order valence-electron chi connectivity index (χ4n) is 1.84. The van der Waals surface area contributed by atoms with Crippen LogP contribution in [-0.4, -0.2) is 20.6 Å². The van der Waals surface area contributed by atoms with E-state index in [1.807, 2.05) is 22.9 Å². The number of halogens is 1. The van der Waals surface area contributed by atoms with Crippen LogP contribution in [0.4, 0.5) is 0 Å². The average molecular weight is 279 g/mol. The third-order valence-corrected chi connectivity index (χ3v) is 3.21. The number of aryl methyl sites for hydroxylation is 1. The van der Waals surface area contributed by atoms with Crippen molar-refractivity contribution < 1.29 is 0 Å². The van der Waals surface area contributed by atoms with Crippen LogP contribution in [0.15, 0.2) is 24.5 Å². The van der Waals surface area contributed by atoms with Crippen LogP contribution >= 0.6 is 11.6 Å². The molecule has 0 spiro atoms. The van der Waals surface area contributed by atoms with E-state index in [0.29, 0.717) is 17.6 Å². The second kappa shape index (κ2) is 6.17. The van der Waals surface area contributed by atoms with Crippen LogP contribution in [0.2, 0.25) is 5.02 Å². The maximum Gasteiger partial charge on any atom is 0.138 e. The number of hydrogen-bond donors (Lipinski definition) is 1. The minimum absolute atomic E-state index is 0.404. The smallest absolute Gasteiger partial charge is 0.138 e. The van der Waals surface area contributed by atoms with Crippen LogP contribution in [0.1, 0.15) is 32.3 Å². The standard InChI is InChI=1S/C14H19ClN4/c1-4-13-16-7-8-19(13)14-6-5-11(15)12(18-14)9-17-10(2)3/h5-8,10,17H,4,9H2,1-3H3. The van der Waals surface area contributed by atoms with Gasteiger partial charge in [-0.2, -0.15) is 0 Å². The van der Waals surface area contributed by atoms with E-state index in [1.165, 1.54) is 0 Å². The SMILES string of the molecule is CCc1nccn1-c1ccc(Cl)c(CNC(C)C)n1. The number of rotatable bonds is 5. The monoisotopic (exact) mass is 278 g/mol. The molecule has 0 amide bonds. The second-order valence-electron chi connectivity index (χ2n) is 4.70. The Balaban J connectivity index is 2.30. The van der Waals surface area contributed by atoms with Gasteiger partial charge in [-0.3, -0.25) is 4.57 Å². The number of nitrogens with zero attached hydrogens (tertiary/aromatic N) is 3. The molecule has 0 unspecified atom stereocenters. The van der Waals surface area contributed by atoms with Gasteiger partial charge in [-0.1, -0.05) is 32.4 Å². The maximum absolute atomic E-state index is 6.19. The van der Waals surface area contributed by atoms with Crippen molar-refractivity contribution in [2.24, 2.45) is 0 Å². The molecule has 5 heteroatoms. The minimum Gasteiger partial charge on any atom is -0.309 e. The number of pyridine rings is 1. The zero-order valence-corrected chi connectivity index (χ0v) is 12.3. The number of imidazole rings is 1. The van der Waals surface area contributed by atoms with Crippen LogP contribution in [-0.2, 0) is 13.0 Å². The lowest BCUT2D eigenvalue weighted by Crippen LogP contribution is -2.23. The van der Waals surface area contributed by atoms with E-state index < -0.39 is 0 Å². The number of hydrogen-bond acceptors (Lipinski definition) is 3. The summed E-state index contributed by atoms with van der Waals surface area (Å²) in [5.41, 5.74) is 0.864. The second-order valence-corrected chi connectivity index (χ2v) is 5.11. The zero-order chi connectivity index (χ0) is 13.8. The largest absolute Gasteiger partial charge is 0.309 e. The Labute approximate surface area is 118 Å². The fourth-order valence-corrected chi connectivity index (χ4v) is 2.01. The van der Waals surface area contributed by atoms with Crippen molar-refractivity contribution in [1.29, 1.82) is 0 Å². The van der Waals surface area contributed by atoms with Gasteiger partial charge in [-0.15, -0.1) is 0 Å². The van der Waals surface area contributed by atoms with Crippen molar-refractivity contribution in [3.63, 3.8) is 0 Å². The van der Waals surface area contributed by atoms with Gasteiger partial charge in [0.25, 0.3) is 0 Å². The van der Waals surface area contributed by atoms with Gasteiger partial charge in [0, 0.05) is 31.4 Å². The maximum atomic E-state index is 6.19.